The first kappa shape index (κ1) is 15.5. The van der Waals surface area contributed by atoms with Gasteiger partial charge in [0.2, 0.25) is 0 Å². The van der Waals surface area contributed by atoms with Crippen molar-refractivity contribution >= 4 is 74.1 Å². The molecule has 0 amide bonds. The van der Waals surface area contributed by atoms with Crippen molar-refractivity contribution in [2.24, 2.45) is 0 Å². The third kappa shape index (κ3) is 4.28. The third-order valence-corrected chi connectivity index (χ3v) is 4.77. The van der Waals surface area contributed by atoms with Gasteiger partial charge in [0.1, 0.15) is 18.6 Å². The first-order chi connectivity index (χ1) is 9.10. The lowest BCUT2D eigenvalue weighted by atomic mass is 10.2. The average molecular weight is 590 g/mol. The fourth-order valence-electron chi connectivity index (χ4n) is 1.52. The van der Waals surface area contributed by atoms with E-state index in [4.69, 9.17) is 4.74 Å². The molecule has 0 N–H and O–H groups in total. The van der Waals surface area contributed by atoms with Crippen LogP contribution in [-0.4, -0.2) is 6.29 Å². The molecule has 0 aromatic heterocycles. The Hall–Kier alpha value is 0.1000. The Labute approximate surface area is 152 Å². The Morgan fingerprint density at radius 1 is 1.00 bits per heavy atom. The van der Waals surface area contributed by atoms with Crippen molar-refractivity contribution in [2.75, 3.05) is 0 Å². The molecule has 0 heterocycles. The van der Waals surface area contributed by atoms with Gasteiger partial charge in [0, 0.05) is 9.13 Å². The fraction of sp³-hybridized carbons (Fsp3) is 0.0714. The van der Waals surface area contributed by atoms with E-state index in [0.717, 1.165) is 24.7 Å². The highest BCUT2D eigenvalue weighted by atomic mass is 127. The highest BCUT2D eigenvalue weighted by Crippen LogP contribution is 2.29. The predicted molar refractivity (Wildman–Crippen MR) is 101 cm³/mol. The lowest BCUT2D eigenvalue weighted by Crippen LogP contribution is -2.00. The van der Waals surface area contributed by atoms with E-state index in [0.29, 0.717) is 12.2 Å². The Bertz CT molecular complexity index is 571. The summed E-state index contributed by atoms with van der Waals surface area (Å²) < 4.78 is 8.98. The zero-order valence-corrected chi connectivity index (χ0v) is 16.2. The molecule has 2 rings (SSSR count). The van der Waals surface area contributed by atoms with Crippen molar-refractivity contribution in [1.82, 2.24) is 0 Å². The average Bonchev–Trinajstić information content (AvgIpc) is 2.39. The van der Waals surface area contributed by atoms with Crippen LogP contribution in [0.1, 0.15) is 15.9 Å². The van der Waals surface area contributed by atoms with Gasteiger partial charge in [-0.25, -0.2) is 0 Å². The van der Waals surface area contributed by atoms with Crippen molar-refractivity contribution in [3.8, 4) is 5.75 Å². The molecule has 0 aliphatic rings. The number of hydrogen-bond donors (Lipinski definition) is 0. The van der Waals surface area contributed by atoms with Crippen molar-refractivity contribution in [2.45, 2.75) is 6.61 Å². The normalized spacial score (nSPS) is 10.3. The number of aldehydes is 1. The van der Waals surface area contributed by atoms with Gasteiger partial charge in [-0.15, -0.1) is 0 Å². The SMILES string of the molecule is O=Cc1cc(I)c(OCc2ccc(I)cc2)c(I)c1. The van der Waals surface area contributed by atoms with Crippen LogP contribution < -0.4 is 4.74 Å². The maximum absolute atomic E-state index is 10.8. The minimum absolute atomic E-state index is 0.531. The van der Waals surface area contributed by atoms with Crippen molar-refractivity contribution < 1.29 is 9.53 Å². The minimum Gasteiger partial charge on any atom is -0.487 e. The number of rotatable bonds is 4. The summed E-state index contributed by atoms with van der Waals surface area (Å²) in [5.74, 6) is 0.838. The molecule has 0 atom stereocenters. The molecule has 0 spiro atoms. The number of carbonyl (C=O) groups is 1. The van der Waals surface area contributed by atoms with E-state index in [9.17, 15) is 4.79 Å². The summed E-state index contributed by atoms with van der Waals surface area (Å²) in [7, 11) is 0. The van der Waals surface area contributed by atoms with Crippen molar-refractivity contribution in [3.63, 3.8) is 0 Å². The van der Waals surface area contributed by atoms with Gasteiger partial charge in [-0.1, -0.05) is 12.1 Å². The van der Waals surface area contributed by atoms with Crippen LogP contribution in [0, 0.1) is 10.7 Å². The molecule has 0 radical (unpaired) electrons. The highest BCUT2D eigenvalue weighted by molar-refractivity contribution is 14.1. The quantitative estimate of drug-likeness (QED) is 0.375. The van der Waals surface area contributed by atoms with Crippen LogP contribution in [0.5, 0.6) is 5.75 Å². The molecule has 2 aromatic rings. The number of ether oxygens (including phenoxy) is 1. The molecule has 2 aromatic carbocycles. The van der Waals surface area contributed by atoms with Gasteiger partial charge < -0.3 is 4.74 Å². The monoisotopic (exact) mass is 590 g/mol. The molecular formula is C14H9I3O2. The number of carbonyl (C=O) groups excluding carboxylic acids is 1. The van der Waals surface area contributed by atoms with Crippen LogP contribution in [0.3, 0.4) is 0 Å². The van der Waals surface area contributed by atoms with Gasteiger partial charge in [0.25, 0.3) is 0 Å². The number of halogens is 3. The lowest BCUT2D eigenvalue weighted by molar-refractivity contribution is 0.112. The Kier molecular flexibility index (Phi) is 5.87. The Morgan fingerprint density at radius 2 is 1.58 bits per heavy atom. The number of hydrogen-bond acceptors (Lipinski definition) is 2. The maximum Gasteiger partial charge on any atom is 0.150 e. The summed E-state index contributed by atoms with van der Waals surface area (Å²) in [6.07, 6.45) is 0.854. The molecule has 98 valence electrons. The van der Waals surface area contributed by atoms with Gasteiger partial charge in [-0.2, -0.15) is 0 Å². The molecule has 0 aliphatic carbocycles. The first-order valence-electron chi connectivity index (χ1n) is 5.41. The van der Waals surface area contributed by atoms with E-state index in [1.807, 2.05) is 12.1 Å². The summed E-state index contributed by atoms with van der Waals surface area (Å²) in [6.45, 7) is 0.531. The molecule has 0 saturated carbocycles. The molecule has 2 nitrogen and oxygen atoms in total. The van der Waals surface area contributed by atoms with Gasteiger partial charge in [-0.3, -0.25) is 4.79 Å². The molecule has 19 heavy (non-hydrogen) atoms. The maximum atomic E-state index is 10.8. The molecule has 0 bridgehead atoms. The van der Waals surface area contributed by atoms with Crippen LogP contribution in [-0.2, 0) is 6.61 Å². The summed E-state index contributed by atoms with van der Waals surface area (Å²) in [5.41, 5.74) is 1.81. The van der Waals surface area contributed by atoms with Crippen LogP contribution >= 0.6 is 67.8 Å². The van der Waals surface area contributed by atoms with Gasteiger partial charge in [0.15, 0.2) is 0 Å². The lowest BCUT2D eigenvalue weighted by Gasteiger charge is -2.11. The smallest absolute Gasteiger partial charge is 0.150 e. The standard InChI is InChI=1S/C14H9I3O2/c15-11-3-1-9(2-4-11)8-19-14-12(16)5-10(7-18)6-13(14)17/h1-7H,8H2. The Morgan fingerprint density at radius 3 is 2.11 bits per heavy atom. The molecule has 5 heteroatoms. The van der Waals surface area contributed by atoms with E-state index in [1.54, 1.807) is 0 Å². The molecule has 0 unspecified atom stereocenters. The Balaban J connectivity index is 2.15. The second-order valence-corrected chi connectivity index (χ2v) is 7.42. The predicted octanol–water partition coefficient (Wildman–Crippen LogP) is 4.89. The summed E-state index contributed by atoms with van der Waals surface area (Å²) in [6, 6.07) is 11.9. The zero-order chi connectivity index (χ0) is 13.8. The topological polar surface area (TPSA) is 26.3 Å². The van der Waals surface area contributed by atoms with E-state index in [2.05, 4.69) is 92.0 Å². The third-order valence-electron chi connectivity index (χ3n) is 2.45. The minimum atomic E-state index is 0.531. The van der Waals surface area contributed by atoms with Crippen molar-refractivity contribution in [3.05, 3.63) is 58.2 Å². The summed E-state index contributed by atoms with van der Waals surface area (Å²) >= 11 is 6.66. The molecule has 0 fully saturated rings. The molecule has 0 aliphatic heterocycles. The van der Waals surface area contributed by atoms with E-state index >= 15 is 0 Å². The van der Waals surface area contributed by atoms with Gasteiger partial charge >= 0.3 is 0 Å². The first-order valence-corrected chi connectivity index (χ1v) is 8.65. The van der Waals surface area contributed by atoms with Crippen LogP contribution in [0.15, 0.2) is 36.4 Å². The zero-order valence-electron chi connectivity index (χ0n) is 9.70. The highest BCUT2D eigenvalue weighted by Gasteiger charge is 2.09. The van der Waals surface area contributed by atoms with E-state index in [-0.39, 0.29) is 0 Å². The van der Waals surface area contributed by atoms with Crippen LogP contribution in [0.2, 0.25) is 0 Å². The summed E-state index contributed by atoms with van der Waals surface area (Å²) in [4.78, 5) is 10.8. The second-order valence-electron chi connectivity index (χ2n) is 3.85. The van der Waals surface area contributed by atoms with E-state index < -0.39 is 0 Å². The largest absolute Gasteiger partial charge is 0.487 e. The fourth-order valence-corrected chi connectivity index (χ4v) is 4.01. The second kappa shape index (κ2) is 7.21. The van der Waals surface area contributed by atoms with Crippen LogP contribution in [0.4, 0.5) is 0 Å². The van der Waals surface area contributed by atoms with Crippen LogP contribution in [0.25, 0.3) is 0 Å². The van der Waals surface area contributed by atoms with Gasteiger partial charge in [-0.05, 0) is 97.6 Å². The number of benzene rings is 2. The van der Waals surface area contributed by atoms with Crippen molar-refractivity contribution in [1.29, 1.82) is 0 Å². The van der Waals surface area contributed by atoms with Gasteiger partial charge in [0.05, 0.1) is 7.14 Å². The summed E-state index contributed by atoms with van der Waals surface area (Å²) in [5, 5.41) is 0. The molecule has 0 saturated heterocycles. The molecular weight excluding hydrogens is 581 g/mol. The van der Waals surface area contributed by atoms with E-state index in [1.165, 1.54) is 3.57 Å².